The average molecular weight is 282 g/mol. The molecule has 0 saturated heterocycles. The third-order valence-corrected chi connectivity index (χ3v) is 3.06. The first-order valence-corrected chi connectivity index (χ1v) is 7.05. The number of nitrogens with one attached hydrogen (secondary N) is 2. The summed E-state index contributed by atoms with van der Waals surface area (Å²) in [5, 5.41) is 6.46. The number of hydrogen-bond donors (Lipinski definition) is 2. The monoisotopic (exact) mass is 282 g/mol. The molecule has 4 nitrogen and oxygen atoms in total. The van der Waals surface area contributed by atoms with Crippen molar-refractivity contribution in [2.45, 2.75) is 26.2 Å². The van der Waals surface area contributed by atoms with Gasteiger partial charge in [0.2, 0.25) is 5.95 Å². The molecule has 0 amide bonds. The topological polar surface area (TPSA) is 49.8 Å². The van der Waals surface area contributed by atoms with Crippen molar-refractivity contribution in [3.63, 3.8) is 0 Å². The Hall–Kier alpha value is -2.36. The summed E-state index contributed by atoms with van der Waals surface area (Å²) in [5.74, 6) is 1.36. The van der Waals surface area contributed by atoms with E-state index in [4.69, 9.17) is 0 Å². The van der Waals surface area contributed by atoms with Crippen molar-refractivity contribution in [2.75, 3.05) is 17.2 Å². The number of benzene rings is 1. The molecule has 21 heavy (non-hydrogen) atoms. The van der Waals surface area contributed by atoms with E-state index >= 15 is 0 Å². The van der Waals surface area contributed by atoms with Gasteiger partial charge in [-0.05, 0) is 23.1 Å². The molecule has 0 saturated carbocycles. The molecular weight excluding hydrogens is 260 g/mol. The fourth-order valence-corrected chi connectivity index (χ4v) is 2.06. The molecule has 0 fully saturated rings. The second kappa shape index (κ2) is 6.39. The quantitative estimate of drug-likeness (QED) is 0.810. The third-order valence-electron chi connectivity index (χ3n) is 3.06. The Morgan fingerprint density at radius 3 is 2.67 bits per heavy atom. The first-order chi connectivity index (χ1) is 10.0. The van der Waals surface area contributed by atoms with Crippen LogP contribution in [0.25, 0.3) is 0 Å². The van der Waals surface area contributed by atoms with Gasteiger partial charge in [-0.1, -0.05) is 45.0 Å². The molecular formula is C17H22N4. The second-order valence-corrected chi connectivity index (χ2v) is 5.86. The number of aromatic nitrogens is 2. The van der Waals surface area contributed by atoms with Gasteiger partial charge in [0.05, 0.1) is 0 Å². The fraction of sp³-hybridized carbons (Fsp3) is 0.294. The standard InChI is InChI=1S/C17H22N4/c1-5-11-18-16-19-12-10-15(21-16)20-14-9-7-6-8-13(14)17(2,3)4/h5-10,12H,1,11H2,2-4H3,(H2,18,19,20,21). The third kappa shape index (κ3) is 4.05. The number of hydrogen-bond acceptors (Lipinski definition) is 4. The molecule has 0 bridgehead atoms. The Bertz CT molecular complexity index is 614. The summed E-state index contributed by atoms with van der Waals surface area (Å²) in [6.45, 7) is 10.9. The van der Waals surface area contributed by atoms with E-state index in [1.165, 1.54) is 5.56 Å². The highest BCUT2D eigenvalue weighted by atomic mass is 15.1. The first-order valence-electron chi connectivity index (χ1n) is 7.05. The van der Waals surface area contributed by atoms with Gasteiger partial charge >= 0.3 is 0 Å². The van der Waals surface area contributed by atoms with Gasteiger partial charge < -0.3 is 10.6 Å². The summed E-state index contributed by atoms with van der Waals surface area (Å²) in [4.78, 5) is 8.63. The average Bonchev–Trinajstić information content (AvgIpc) is 2.45. The van der Waals surface area contributed by atoms with Crippen molar-refractivity contribution in [3.05, 3.63) is 54.7 Å². The molecule has 1 aromatic heterocycles. The van der Waals surface area contributed by atoms with Crippen molar-refractivity contribution in [2.24, 2.45) is 0 Å². The van der Waals surface area contributed by atoms with E-state index in [9.17, 15) is 0 Å². The Labute approximate surface area is 126 Å². The van der Waals surface area contributed by atoms with Crippen LogP contribution in [0, 0.1) is 0 Å². The van der Waals surface area contributed by atoms with Gasteiger partial charge in [-0.2, -0.15) is 4.98 Å². The maximum atomic E-state index is 4.45. The SMILES string of the molecule is C=CCNc1nccc(Nc2ccccc2C(C)(C)C)n1. The van der Waals surface area contributed by atoms with E-state index in [-0.39, 0.29) is 5.41 Å². The summed E-state index contributed by atoms with van der Waals surface area (Å²) in [7, 11) is 0. The van der Waals surface area contributed by atoms with Crippen molar-refractivity contribution in [1.29, 1.82) is 0 Å². The van der Waals surface area contributed by atoms with Gasteiger partial charge in [0.1, 0.15) is 5.82 Å². The molecule has 0 spiro atoms. The Morgan fingerprint density at radius 2 is 1.95 bits per heavy atom. The Kier molecular flexibility index (Phi) is 4.58. The highest BCUT2D eigenvalue weighted by Gasteiger charge is 2.17. The van der Waals surface area contributed by atoms with E-state index in [0.717, 1.165) is 11.5 Å². The molecule has 1 aromatic carbocycles. The molecule has 1 heterocycles. The number of para-hydroxylation sites is 1. The molecule has 0 atom stereocenters. The van der Waals surface area contributed by atoms with Crippen molar-refractivity contribution < 1.29 is 0 Å². The van der Waals surface area contributed by atoms with Crippen molar-refractivity contribution in [3.8, 4) is 0 Å². The van der Waals surface area contributed by atoms with Gasteiger partial charge in [0, 0.05) is 18.4 Å². The highest BCUT2D eigenvalue weighted by molar-refractivity contribution is 5.62. The molecule has 110 valence electrons. The zero-order valence-electron chi connectivity index (χ0n) is 12.9. The molecule has 2 aromatic rings. The van der Waals surface area contributed by atoms with Crippen LogP contribution in [-0.2, 0) is 5.41 Å². The van der Waals surface area contributed by atoms with Crippen LogP contribution in [0.15, 0.2) is 49.2 Å². The molecule has 2 N–H and O–H groups in total. The van der Waals surface area contributed by atoms with Crippen LogP contribution in [0.4, 0.5) is 17.5 Å². The van der Waals surface area contributed by atoms with E-state index < -0.39 is 0 Å². The van der Waals surface area contributed by atoms with E-state index in [2.05, 4.69) is 66.2 Å². The zero-order valence-corrected chi connectivity index (χ0v) is 12.9. The zero-order chi connectivity index (χ0) is 15.3. The number of nitrogens with zero attached hydrogens (tertiary/aromatic N) is 2. The van der Waals surface area contributed by atoms with Crippen LogP contribution in [-0.4, -0.2) is 16.5 Å². The smallest absolute Gasteiger partial charge is 0.224 e. The summed E-state index contributed by atoms with van der Waals surface area (Å²) in [5.41, 5.74) is 2.39. The van der Waals surface area contributed by atoms with E-state index in [1.54, 1.807) is 12.3 Å². The van der Waals surface area contributed by atoms with Crippen molar-refractivity contribution >= 4 is 17.5 Å². The normalized spacial score (nSPS) is 11.0. The van der Waals surface area contributed by atoms with Crippen molar-refractivity contribution in [1.82, 2.24) is 9.97 Å². The summed E-state index contributed by atoms with van der Waals surface area (Å²) < 4.78 is 0. The maximum absolute atomic E-state index is 4.45. The molecule has 0 radical (unpaired) electrons. The predicted octanol–water partition coefficient (Wildman–Crippen LogP) is 4.12. The summed E-state index contributed by atoms with van der Waals surface area (Å²) in [6, 6.07) is 10.1. The van der Waals surface area contributed by atoms with E-state index in [1.807, 2.05) is 12.1 Å². The van der Waals surface area contributed by atoms with Crippen LogP contribution >= 0.6 is 0 Å². The van der Waals surface area contributed by atoms with Crippen LogP contribution in [0.1, 0.15) is 26.3 Å². The van der Waals surface area contributed by atoms with Gasteiger partial charge in [-0.25, -0.2) is 4.98 Å². The summed E-state index contributed by atoms with van der Waals surface area (Å²) in [6.07, 6.45) is 3.51. The van der Waals surface area contributed by atoms with Gasteiger partial charge in [-0.3, -0.25) is 0 Å². The minimum absolute atomic E-state index is 0.0700. The molecule has 0 aliphatic heterocycles. The second-order valence-electron chi connectivity index (χ2n) is 5.86. The van der Waals surface area contributed by atoms with E-state index in [0.29, 0.717) is 12.5 Å². The molecule has 0 aliphatic carbocycles. The molecule has 4 heteroatoms. The minimum atomic E-state index is 0.0700. The fourth-order valence-electron chi connectivity index (χ4n) is 2.06. The predicted molar refractivity (Wildman–Crippen MR) is 89.1 cm³/mol. The van der Waals surface area contributed by atoms with Gasteiger partial charge in [0.15, 0.2) is 0 Å². The van der Waals surface area contributed by atoms with Crippen LogP contribution < -0.4 is 10.6 Å². The number of anilines is 3. The van der Waals surface area contributed by atoms with Crippen LogP contribution in [0.5, 0.6) is 0 Å². The van der Waals surface area contributed by atoms with Gasteiger partial charge in [-0.15, -0.1) is 6.58 Å². The first kappa shape index (κ1) is 15.0. The molecule has 0 unspecified atom stereocenters. The van der Waals surface area contributed by atoms with Crippen LogP contribution in [0.3, 0.4) is 0 Å². The lowest BCUT2D eigenvalue weighted by atomic mass is 9.86. The lowest BCUT2D eigenvalue weighted by molar-refractivity contribution is 0.592. The lowest BCUT2D eigenvalue weighted by Crippen LogP contribution is -2.14. The summed E-state index contributed by atoms with van der Waals surface area (Å²) >= 11 is 0. The Morgan fingerprint density at radius 1 is 1.19 bits per heavy atom. The maximum Gasteiger partial charge on any atom is 0.224 e. The lowest BCUT2D eigenvalue weighted by Gasteiger charge is -2.23. The molecule has 2 rings (SSSR count). The largest absolute Gasteiger partial charge is 0.351 e. The Balaban J connectivity index is 2.24. The van der Waals surface area contributed by atoms with Crippen LogP contribution in [0.2, 0.25) is 0 Å². The minimum Gasteiger partial charge on any atom is -0.351 e. The number of rotatable bonds is 5. The highest BCUT2D eigenvalue weighted by Crippen LogP contribution is 2.30. The molecule has 0 aliphatic rings. The van der Waals surface area contributed by atoms with Gasteiger partial charge in [0.25, 0.3) is 0 Å².